The van der Waals surface area contributed by atoms with Crippen LogP contribution < -0.4 is 5.32 Å². The predicted molar refractivity (Wildman–Crippen MR) is 82.1 cm³/mol. The highest BCUT2D eigenvalue weighted by Gasteiger charge is 2.29. The maximum Gasteiger partial charge on any atom is 0.407 e. The molecule has 0 aliphatic heterocycles. The molecule has 0 bridgehead atoms. The van der Waals surface area contributed by atoms with E-state index in [1.165, 1.54) is 0 Å². The van der Waals surface area contributed by atoms with Gasteiger partial charge >= 0.3 is 12.1 Å². The summed E-state index contributed by atoms with van der Waals surface area (Å²) in [7, 11) is 0. The van der Waals surface area contributed by atoms with Crippen molar-refractivity contribution in [1.29, 1.82) is 0 Å². The Labute approximate surface area is 130 Å². The van der Waals surface area contributed by atoms with Crippen LogP contribution in [0.2, 0.25) is 0 Å². The highest BCUT2D eigenvalue weighted by Crippen LogP contribution is 2.29. The lowest BCUT2D eigenvalue weighted by atomic mass is 9.90. The zero-order valence-electron chi connectivity index (χ0n) is 13.3. The number of aromatic carboxylic acids is 1. The van der Waals surface area contributed by atoms with Crippen molar-refractivity contribution in [3.63, 3.8) is 0 Å². The maximum atomic E-state index is 12.0. The third kappa shape index (κ3) is 4.26. The van der Waals surface area contributed by atoms with Gasteiger partial charge in [0.25, 0.3) is 0 Å². The zero-order chi connectivity index (χ0) is 16.3. The van der Waals surface area contributed by atoms with Crippen LogP contribution >= 0.6 is 0 Å². The van der Waals surface area contributed by atoms with Crippen LogP contribution in [0.5, 0.6) is 0 Å². The molecular formula is C16H24N2O4. The smallest absolute Gasteiger partial charge is 0.407 e. The Morgan fingerprint density at radius 1 is 1.32 bits per heavy atom. The van der Waals surface area contributed by atoms with E-state index in [0.717, 1.165) is 25.7 Å². The summed E-state index contributed by atoms with van der Waals surface area (Å²) in [6.07, 6.45) is 6.86. The minimum Gasteiger partial charge on any atom is -0.478 e. The van der Waals surface area contributed by atoms with Crippen molar-refractivity contribution in [2.45, 2.75) is 64.1 Å². The lowest BCUT2D eigenvalue weighted by molar-refractivity contribution is 0.0471. The van der Waals surface area contributed by atoms with Crippen molar-refractivity contribution in [3.05, 3.63) is 24.0 Å². The van der Waals surface area contributed by atoms with Crippen LogP contribution in [0.15, 0.2) is 18.5 Å². The van der Waals surface area contributed by atoms with Gasteiger partial charge in [0, 0.05) is 12.4 Å². The molecule has 2 rings (SSSR count). The molecule has 0 radical (unpaired) electrons. The molecule has 1 aromatic rings. The van der Waals surface area contributed by atoms with E-state index in [2.05, 4.69) is 5.32 Å². The second kappa shape index (κ2) is 6.42. The second-order valence-electron chi connectivity index (χ2n) is 6.76. The first kappa shape index (κ1) is 16.4. The topological polar surface area (TPSA) is 80.6 Å². The fourth-order valence-corrected chi connectivity index (χ4v) is 2.84. The third-order valence-electron chi connectivity index (χ3n) is 3.78. The molecule has 0 unspecified atom stereocenters. The molecule has 0 saturated heterocycles. The Kier molecular flexibility index (Phi) is 4.78. The Hall–Kier alpha value is -1.98. The number of alkyl carbamates (subject to hydrolysis) is 1. The number of aromatic nitrogens is 1. The number of nitrogens with one attached hydrogen (secondary N) is 1. The largest absolute Gasteiger partial charge is 0.478 e. The molecule has 6 nitrogen and oxygen atoms in total. The minimum atomic E-state index is -0.939. The molecule has 2 N–H and O–H groups in total. The highest BCUT2D eigenvalue weighted by molar-refractivity contribution is 5.87. The van der Waals surface area contributed by atoms with E-state index in [1.807, 2.05) is 25.3 Å². The Bertz CT molecular complexity index is 545. The van der Waals surface area contributed by atoms with Gasteiger partial charge in [0.05, 0.1) is 17.6 Å². The van der Waals surface area contributed by atoms with Gasteiger partial charge in [-0.15, -0.1) is 0 Å². The van der Waals surface area contributed by atoms with Crippen molar-refractivity contribution in [3.8, 4) is 0 Å². The van der Waals surface area contributed by atoms with Crippen molar-refractivity contribution in [2.24, 2.45) is 0 Å². The van der Waals surface area contributed by atoms with Gasteiger partial charge in [0.15, 0.2) is 0 Å². The minimum absolute atomic E-state index is 0.0438. The number of amides is 1. The fraction of sp³-hybridized carbons (Fsp3) is 0.625. The molecule has 1 aromatic heterocycles. The molecule has 22 heavy (non-hydrogen) atoms. The molecule has 6 heteroatoms. The van der Waals surface area contributed by atoms with E-state index in [9.17, 15) is 9.59 Å². The molecule has 1 aliphatic carbocycles. The van der Waals surface area contributed by atoms with Gasteiger partial charge < -0.3 is 19.7 Å². The first-order valence-corrected chi connectivity index (χ1v) is 7.66. The average molecular weight is 308 g/mol. The first-order valence-electron chi connectivity index (χ1n) is 7.66. The van der Waals surface area contributed by atoms with Crippen LogP contribution in [0.4, 0.5) is 4.79 Å². The van der Waals surface area contributed by atoms with Gasteiger partial charge in [0.1, 0.15) is 5.60 Å². The van der Waals surface area contributed by atoms with Crippen molar-refractivity contribution < 1.29 is 19.4 Å². The van der Waals surface area contributed by atoms with E-state index in [4.69, 9.17) is 9.84 Å². The molecule has 1 heterocycles. The Morgan fingerprint density at radius 3 is 2.59 bits per heavy atom. The van der Waals surface area contributed by atoms with Gasteiger partial charge in [-0.05, 0) is 39.7 Å². The van der Waals surface area contributed by atoms with E-state index in [0.29, 0.717) is 0 Å². The van der Waals surface area contributed by atoms with Crippen LogP contribution in [-0.4, -0.2) is 33.4 Å². The van der Waals surface area contributed by atoms with Crippen molar-refractivity contribution in [1.82, 2.24) is 9.88 Å². The van der Waals surface area contributed by atoms with Crippen LogP contribution in [0.1, 0.15) is 62.9 Å². The van der Waals surface area contributed by atoms with E-state index >= 15 is 0 Å². The summed E-state index contributed by atoms with van der Waals surface area (Å²) in [6, 6.07) is 1.61. The monoisotopic (exact) mass is 308 g/mol. The van der Waals surface area contributed by atoms with Crippen LogP contribution in [0, 0.1) is 0 Å². The van der Waals surface area contributed by atoms with Crippen LogP contribution in [0.25, 0.3) is 0 Å². The molecule has 0 spiro atoms. The molecule has 1 aliphatic rings. The Morgan fingerprint density at radius 2 is 2.00 bits per heavy atom. The number of hydrogen-bond acceptors (Lipinski definition) is 3. The number of nitrogens with zero attached hydrogens (tertiary/aromatic N) is 1. The van der Waals surface area contributed by atoms with Gasteiger partial charge in [-0.2, -0.15) is 0 Å². The highest BCUT2D eigenvalue weighted by atomic mass is 16.6. The predicted octanol–water partition coefficient (Wildman–Crippen LogP) is 3.19. The summed E-state index contributed by atoms with van der Waals surface area (Å²) in [4.78, 5) is 23.0. The van der Waals surface area contributed by atoms with Gasteiger partial charge in [-0.25, -0.2) is 9.59 Å². The standard InChI is InChI=1S/C16H24N2O4/c1-16(2,3)22-15(21)17-12-6-4-5-7-13(12)18-9-8-11(10-18)14(19)20/h8-10,12-13H,4-7H2,1-3H3,(H,17,21)(H,19,20)/t12-,13-/m1/s1. The van der Waals surface area contributed by atoms with Crippen LogP contribution in [0.3, 0.4) is 0 Å². The number of rotatable bonds is 3. The van der Waals surface area contributed by atoms with Gasteiger partial charge in [-0.1, -0.05) is 12.8 Å². The molecule has 1 fully saturated rings. The first-order chi connectivity index (χ1) is 10.3. The number of carbonyl (C=O) groups excluding carboxylic acids is 1. The molecule has 122 valence electrons. The normalized spacial score (nSPS) is 22.1. The average Bonchev–Trinajstić information content (AvgIpc) is 2.86. The summed E-state index contributed by atoms with van der Waals surface area (Å²) in [5.74, 6) is -0.939. The maximum absolute atomic E-state index is 12.0. The molecular weight excluding hydrogens is 284 g/mol. The van der Waals surface area contributed by atoms with Crippen molar-refractivity contribution in [2.75, 3.05) is 0 Å². The lowest BCUT2D eigenvalue weighted by Gasteiger charge is -2.33. The van der Waals surface area contributed by atoms with E-state index in [1.54, 1.807) is 18.5 Å². The second-order valence-corrected chi connectivity index (χ2v) is 6.76. The number of ether oxygens (including phenoxy) is 1. The van der Waals surface area contributed by atoms with E-state index < -0.39 is 17.7 Å². The summed E-state index contributed by atoms with van der Waals surface area (Å²) in [5.41, 5.74) is -0.264. The lowest BCUT2D eigenvalue weighted by Crippen LogP contribution is -2.44. The SMILES string of the molecule is CC(C)(C)OC(=O)N[C@@H]1CCCC[C@H]1n1ccc(C(=O)O)c1. The van der Waals surface area contributed by atoms with Crippen molar-refractivity contribution >= 4 is 12.1 Å². The molecule has 1 amide bonds. The zero-order valence-corrected chi connectivity index (χ0v) is 13.3. The van der Waals surface area contributed by atoms with Gasteiger partial charge in [-0.3, -0.25) is 0 Å². The number of carbonyl (C=O) groups is 2. The number of carboxylic acid groups (broad SMARTS) is 1. The third-order valence-corrected chi connectivity index (χ3v) is 3.78. The summed E-state index contributed by atoms with van der Waals surface area (Å²) >= 11 is 0. The molecule has 2 atom stereocenters. The Balaban J connectivity index is 2.07. The van der Waals surface area contributed by atoms with E-state index in [-0.39, 0.29) is 17.6 Å². The number of carboxylic acids is 1. The summed E-state index contributed by atoms with van der Waals surface area (Å²) in [5, 5.41) is 12.0. The quantitative estimate of drug-likeness (QED) is 0.898. The summed E-state index contributed by atoms with van der Waals surface area (Å²) in [6.45, 7) is 5.49. The van der Waals surface area contributed by atoms with Gasteiger partial charge in [0.2, 0.25) is 0 Å². The molecule has 0 aromatic carbocycles. The summed E-state index contributed by atoms with van der Waals surface area (Å²) < 4.78 is 7.21. The number of hydrogen-bond donors (Lipinski definition) is 2. The fourth-order valence-electron chi connectivity index (χ4n) is 2.84. The molecule has 1 saturated carbocycles. The van der Waals surface area contributed by atoms with Crippen LogP contribution in [-0.2, 0) is 4.74 Å².